The molecular weight excluding hydrogens is 404 g/mol. The van der Waals surface area contributed by atoms with Crippen LogP contribution in [0.3, 0.4) is 0 Å². The molecule has 0 atom stereocenters. The molecule has 0 saturated heterocycles. The van der Waals surface area contributed by atoms with E-state index in [-0.39, 0.29) is 30.7 Å². The van der Waals surface area contributed by atoms with Gasteiger partial charge < -0.3 is 23.9 Å². The largest absolute Gasteiger partial charge is 0.493 e. The lowest BCUT2D eigenvalue weighted by Crippen LogP contribution is -2.32. The van der Waals surface area contributed by atoms with Gasteiger partial charge in [-0.05, 0) is 37.1 Å². The van der Waals surface area contributed by atoms with Crippen molar-refractivity contribution in [3.8, 4) is 28.8 Å². The molecule has 10 nitrogen and oxygen atoms in total. The summed E-state index contributed by atoms with van der Waals surface area (Å²) >= 11 is 0. The first-order chi connectivity index (χ1) is 15.1. The molecule has 31 heavy (non-hydrogen) atoms. The molecule has 0 bridgehead atoms. The van der Waals surface area contributed by atoms with Gasteiger partial charge in [0.1, 0.15) is 0 Å². The Balaban J connectivity index is 1.48. The van der Waals surface area contributed by atoms with Crippen LogP contribution in [-0.4, -0.2) is 48.1 Å². The van der Waals surface area contributed by atoms with Crippen LogP contribution < -0.4 is 25.2 Å². The number of carbonyl (C=O) groups is 1. The van der Waals surface area contributed by atoms with Gasteiger partial charge in [-0.3, -0.25) is 9.36 Å². The smallest absolute Gasteiger partial charge is 0.346 e. The van der Waals surface area contributed by atoms with Crippen molar-refractivity contribution < 1.29 is 23.4 Å². The molecule has 1 aliphatic carbocycles. The second kappa shape index (κ2) is 8.58. The van der Waals surface area contributed by atoms with E-state index in [2.05, 4.69) is 10.4 Å². The number of hydrogen-bond acceptors (Lipinski definition) is 7. The zero-order valence-corrected chi connectivity index (χ0v) is 17.6. The van der Waals surface area contributed by atoms with Crippen LogP contribution in [0.2, 0.25) is 0 Å². The molecule has 0 aliphatic heterocycles. The lowest BCUT2D eigenvalue weighted by Gasteiger charge is -2.14. The topological polar surface area (TPSA) is 110 Å². The van der Waals surface area contributed by atoms with E-state index in [9.17, 15) is 9.59 Å². The first kappa shape index (κ1) is 20.6. The summed E-state index contributed by atoms with van der Waals surface area (Å²) in [5.74, 6) is 1.89. The molecule has 2 heterocycles. The van der Waals surface area contributed by atoms with E-state index in [1.807, 2.05) is 0 Å². The van der Waals surface area contributed by atoms with Gasteiger partial charge in [-0.2, -0.15) is 0 Å². The number of methoxy groups -OCH3 is 3. The molecule has 164 valence electrons. The fraction of sp³-hybridized carbons (Fsp3) is 0.381. The Morgan fingerprint density at radius 2 is 1.90 bits per heavy atom. The Bertz CT molecular complexity index is 1100. The van der Waals surface area contributed by atoms with Crippen molar-refractivity contribution in [3.05, 3.63) is 46.6 Å². The second-order valence-electron chi connectivity index (χ2n) is 7.08. The average molecular weight is 428 g/mol. The molecule has 1 aliphatic rings. The number of furan rings is 1. The van der Waals surface area contributed by atoms with Crippen LogP contribution in [0, 0.1) is 0 Å². The van der Waals surface area contributed by atoms with Gasteiger partial charge in [0.15, 0.2) is 17.3 Å². The van der Waals surface area contributed by atoms with Crippen LogP contribution in [0.1, 0.15) is 29.2 Å². The maximum atomic E-state index is 12.8. The summed E-state index contributed by atoms with van der Waals surface area (Å²) in [6.07, 6.45) is 3.43. The number of benzene rings is 1. The van der Waals surface area contributed by atoms with Crippen LogP contribution in [0.4, 0.5) is 0 Å². The van der Waals surface area contributed by atoms with Crippen molar-refractivity contribution >= 4 is 5.91 Å². The number of amides is 1. The van der Waals surface area contributed by atoms with Crippen molar-refractivity contribution in [2.24, 2.45) is 0 Å². The van der Waals surface area contributed by atoms with Crippen molar-refractivity contribution in [2.45, 2.75) is 25.4 Å². The highest BCUT2D eigenvalue weighted by Gasteiger charge is 2.31. The van der Waals surface area contributed by atoms with Crippen molar-refractivity contribution in [2.75, 3.05) is 27.9 Å². The molecule has 0 radical (unpaired) electrons. The van der Waals surface area contributed by atoms with E-state index in [1.165, 1.54) is 26.0 Å². The summed E-state index contributed by atoms with van der Waals surface area (Å²) < 4.78 is 24.3. The predicted molar refractivity (Wildman–Crippen MR) is 111 cm³/mol. The number of nitrogens with zero attached hydrogens (tertiary/aromatic N) is 3. The molecular formula is C21H24N4O6. The third kappa shape index (κ3) is 4.00. The predicted octanol–water partition coefficient (Wildman–Crippen LogP) is 2.10. The van der Waals surface area contributed by atoms with Crippen molar-refractivity contribution in [1.29, 1.82) is 0 Å². The van der Waals surface area contributed by atoms with Gasteiger partial charge in [0.25, 0.3) is 5.91 Å². The van der Waals surface area contributed by atoms with E-state index in [0.29, 0.717) is 34.4 Å². The van der Waals surface area contributed by atoms with Crippen LogP contribution in [-0.2, 0) is 6.54 Å². The highest BCUT2D eigenvalue weighted by Crippen LogP contribution is 2.38. The number of ether oxygens (including phenoxy) is 3. The summed E-state index contributed by atoms with van der Waals surface area (Å²) in [7, 11) is 4.46. The molecule has 1 aromatic carbocycles. The lowest BCUT2D eigenvalue weighted by atomic mass is 10.1. The minimum atomic E-state index is -0.333. The minimum absolute atomic E-state index is 0.148. The van der Waals surface area contributed by atoms with E-state index in [0.717, 1.165) is 12.8 Å². The van der Waals surface area contributed by atoms with Gasteiger partial charge >= 0.3 is 5.69 Å². The van der Waals surface area contributed by atoms with E-state index < -0.39 is 0 Å². The Kier molecular flexibility index (Phi) is 5.70. The molecule has 0 unspecified atom stereocenters. The summed E-state index contributed by atoms with van der Waals surface area (Å²) in [5.41, 5.74) is 0.137. The van der Waals surface area contributed by atoms with E-state index in [4.69, 9.17) is 18.6 Å². The Hall–Kier alpha value is -3.69. The highest BCUT2D eigenvalue weighted by atomic mass is 16.5. The molecule has 10 heteroatoms. The standard InChI is InChI=1S/C21H24N4O6/c1-28-16-11-13(12-17(29-2)18(16)30-3)20(26)22-8-9-24-21(27)25(14-6-7-14)19(23-24)15-5-4-10-31-15/h4-5,10-12,14H,6-9H2,1-3H3,(H,22,26). The Labute approximate surface area is 178 Å². The highest BCUT2D eigenvalue weighted by molar-refractivity contribution is 5.95. The Morgan fingerprint density at radius 1 is 1.19 bits per heavy atom. The van der Waals surface area contributed by atoms with E-state index in [1.54, 1.807) is 35.1 Å². The normalized spacial score (nSPS) is 13.1. The SMILES string of the molecule is COc1cc(C(=O)NCCn2nc(-c3ccco3)n(C3CC3)c2=O)cc(OC)c1OC. The molecule has 1 amide bonds. The summed E-state index contributed by atoms with van der Waals surface area (Å²) in [6, 6.07) is 6.82. The van der Waals surface area contributed by atoms with Gasteiger partial charge in [0, 0.05) is 18.2 Å². The molecule has 1 fully saturated rings. The Morgan fingerprint density at radius 3 is 2.45 bits per heavy atom. The average Bonchev–Trinajstić information content (AvgIpc) is 3.36. The van der Waals surface area contributed by atoms with Crippen molar-refractivity contribution in [1.82, 2.24) is 19.7 Å². The quantitative estimate of drug-likeness (QED) is 0.556. The maximum Gasteiger partial charge on any atom is 0.346 e. The van der Waals surface area contributed by atoms with Crippen LogP contribution in [0.15, 0.2) is 39.7 Å². The zero-order chi connectivity index (χ0) is 22.0. The monoisotopic (exact) mass is 428 g/mol. The maximum absolute atomic E-state index is 12.8. The number of aromatic nitrogens is 3. The van der Waals surface area contributed by atoms with Gasteiger partial charge in [0.2, 0.25) is 11.6 Å². The van der Waals surface area contributed by atoms with Gasteiger partial charge in [-0.15, -0.1) is 5.10 Å². The minimum Gasteiger partial charge on any atom is -0.493 e. The summed E-state index contributed by atoms with van der Waals surface area (Å²) in [6.45, 7) is 0.442. The third-order valence-electron chi connectivity index (χ3n) is 5.06. The first-order valence-electron chi connectivity index (χ1n) is 9.88. The summed E-state index contributed by atoms with van der Waals surface area (Å²) in [4.78, 5) is 25.5. The fourth-order valence-corrected chi connectivity index (χ4v) is 3.39. The molecule has 1 saturated carbocycles. The van der Waals surface area contributed by atoms with Gasteiger partial charge in [0.05, 0.1) is 34.1 Å². The molecule has 1 N–H and O–H groups in total. The van der Waals surface area contributed by atoms with E-state index >= 15 is 0 Å². The molecule has 4 rings (SSSR count). The van der Waals surface area contributed by atoms with Crippen LogP contribution >= 0.6 is 0 Å². The third-order valence-corrected chi connectivity index (χ3v) is 5.06. The number of rotatable bonds is 9. The molecule has 3 aromatic rings. The van der Waals surface area contributed by atoms with Gasteiger partial charge in [-0.1, -0.05) is 0 Å². The number of hydrogen-bond donors (Lipinski definition) is 1. The lowest BCUT2D eigenvalue weighted by molar-refractivity contribution is 0.0951. The zero-order valence-electron chi connectivity index (χ0n) is 17.6. The number of carbonyl (C=O) groups excluding carboxylic acids is 1. The fourth-order valence-electron chi connectivity index (χ4n) is 3.39. The van der Waals surface area contributed by atoms with Crippen LogP contribution in [0.25, 0.3) is 11.6 Å². The van der Waals surface area contributed by atoms with Crippen LogP contribution in [0.5, 0.6) is 17.2 Å². The van der Waals surface area contributed by atoms with Crippen molar-refractivity contribution in [3.63, 3.8) is 0 Å². The van der Waals surface area contributed by atoms with Gasteiger partial charge in [-0.25, -0.2) is 9.48 Å². The molecule has 2 aromatic heterocycles. The second-order valence-corrected chi connectivity index (χ2v) is 7.08. The molecule has 0 spiro atoms. The summed E-state index contributed by atoms with van der Waals surface area (Å²) in [5, 5.41) is 7.23. The first-order valence-corrected chi connectivity index (χ1v) is 9.88. The number of nitrogens with one attached hydrogen (secondary N) is 1.